The average Bonchev–Trinajstić information content (AvgIpc) is 2.73. The molecule has 1 N–H and O–H groups in total. The van der Waals surface area contributed by atoms with E-state index in [0.717, 1.165) is 25.1 Å². The molecule has 2 rings (SSSR count). The van der Waals surface area contributed by atoms with Gasteiger partial charge in [0, 0.05) is 24.3 Å². The third kappa shape index (κ3) is 2.35. The van der Waals surface area contributed by atoms with Crippen molar-refractivity contribution in [3.05, 3.63) is 34.2 Å². The van der Waals surface area contributed by atoms with E-state index in [0.29, 0.717) is 5.92 Å². The summed E-state index contributed by atoms with van der Waals surface area (Å²) in [6.07, 6.45) is 4.14. The smallest absolute Gasteiger partial charge is 0.255 e. The number of nitrogens with zero attached hydrogens (tertiary/aromatic N) is 1. The van der Waals surface area contributed by atoms with Gasteiger partial charge in [0.25, 0.3) is 5.56 Å². The molecular weight excluding hydrogens is 200 g/mol. The molecule has 3 nitrogen and oxygen atoms in total. The third-order valence-corrected chi connectivity index (χ3v) is 3.05. The minimum atomic E-state index is 0.176. The van der Waals surface area contributed by atoms with E-state index in [1.54, 1.807) is 0 Å². The predicted molar refractivity (Wildman–Crippen MR) is 65.5 cm³/mol. The van der Waals surface area contributed by atoms with Gasteiger partial charge in [-0.25, -0.2) is 0 Å². The fourth-order valence-electron chi connectivity index (χ4n) is 2.31. The van der Waals surface area contributed by atoms with Gasteiger partial charge >= 0.3 is 0 Å². The van der Waals surface area contributed by atoms with Crippen LogP contribution in [0.5, 0.6) is 0 Å². The van der Waals surface area contributed by atoms with Gasteiger partial charge in [-0.05, 0) is 31.4 Å². The lowest BCUT2D eigenvalue weighted by Gasteiger charge is -2.14. The minimum Gasteiger partial charge on any atom is -0.315 e. The van der Waals surface area contributed by atoms with Gasteiger partial charge in [0.15, 0.2) is 0 Å². The number of aromatic nitrogens is 1. The molecular formula is C13H20N2O. The molecule has 1 aromatic heterocycles. The highest BCUT2D eigenvalue weighted by Crippen LogP contribution is 2.19. The van der Waals surface area contributed by atoms with Gasteiger partial charge in [-0.3, -0.25) is 4.79 Å². The Labute approximate surface area is 96.5 Å². The molecule has 0 spiro atoms. The second-order valence-corrected chi connectivity index (χ2v) is 4.96. The van der Waals surface area contributed by atoms with E-state index in [2.05, 4.69) is 19.2 Å². The quantitative estimate of drug-likeness (QED) is 0.844. The van der Waals surface area contributed by atoms with Gasteiger partial charge < -0.3 is 9.88 Å². The topological polar surface area (TPSA) is 34.0 Å². The second kappa shape index (κ2) is 4.83. The second-order valence-electron chi connectivity index (χ2n) is 4.96. The minimum absolute atomic E-state index is 0.176. The van der Waals surface area contributed by atoms with Crippen LogP contribution in [0.2, 0.25) is 0 Å². The lowest BCUT2D eigenvalue weighted by molar-refractivity contribution is 0.502. The van der Waals surface area contributed by atoms with E-state index in [9.17, 15) is 4.79 Å². The molecule has 3 heteroatoms. The summed E-state index contributed by atoms with van der Waals surface area (Å²) < 4.78 is 1.83. The van der Waals surface area contributed by atoms with Crippen LogP contribution < -0.4 is 10.9 Å². The van der Waals surface area contributed by atoms with Crippen molar-refractivity contribution in [1.82, 2.24) is 9.88 Å². The zero-order chi connectivity index (χ0) is 11.5. The van der Waals surface area contributed by atoms with Crippen LogP contribution in [0.15, 0.2) is 23.1 Å². The average molecular weight is 220 g/mol. The van der Waals surface area contributed by atoms with Crippen LogP contribution in [-0.2, 0) is 6.54 Å². The molecule has 1 aromatic rings. The zero-order valence-electron chi connectivity index (χ0n) is 10.1. The lowest BCUT2D eigenvalue weighted by atomic mass is 10.1. The fraction of sp³-hybridized carbons (Fsp3) is 0.615. The third-order valence-electron chi connectivity index (χ3n) is 3.05. The fourth-order valence-corrected chi connectivity index (χ4v) is 2.31. The Morgan fingerprint density at radius 2 is 2.38 bits per heavy atom. The molecule has 0 amide bonds. The molecule has 0 bridgehead atoms. The number of pyridine rings is 1. The van der Waals surface area contributed by atoms with Gasteiger partial charge in [-0.2, -0.15) is 0 Å². The molecule has 0 aliphatic carbocycles. The Morgan fingerprint density at radius 1 is 1.56 bits per heavy atom. The summed E-state index contributed by atoms with van der Waals surface area (Å²) in [6, 6.07) is 4.22. The maximum absolute atomic E-state index is 12.2. The number of hydrogen-bond acceptors (Lipinski definition) is 2. The maximum atomic E-state index is 12.2. The Bertz CT molecular complexity index is 403. The van der Waals surface area contributed by atoms with Crippen LogP contribution >= 0.6 is 0 Å². The highest BCUT2D eigenvalue weighted by Gasteiger charge is 2.19. The van der Waals surface area contributed by atoms with Gasteiger partial charge in [0.05, 0.1) is 0 Å². The van der Waals surface area contributed by atoms with Crippen LogP contribution in [0.4, 0.5) is 0 Å². The first-order valence-corrected chi connectivity index (χ1v) is 6.11. The molecule has 1 fully saturated rings. The van der Waals surface area contributed by atoms with Crippen molar-refractivity contribution in [2.75, 3.05) is 6.54 Å². The van der Waals surface area contributed by atoms with E-state index in [1.807, 2.05) is 22.9 Å². The summed E-state index contributed by atoms with van der Waals surface area (Å²) in [4.78, 5) is 12.2. The van der Waals surface area contributed by atoms with Crippen molar-refractivity contribution >= 4 is 0 Å². The van der Waals surface area contributed by atoms with Crippen molar-refractivity contribution < 1.29 is 0 Å². The monoisotopic (exact) mass is 220 g/mol. The van der Waals surface area contributed by atoms with Crippen molar-refractivity contribution in [3.63, 3.8) is 0 Å². The van der Waals surface area contributed by atoms with Crippen molar-refractivity contribution in [3.8, 4) is 0 Å². The lowest BCUT2D eigenvalue weighted by Crippen LogP contribution is -2.29. The van der Waals surface area contributed by atoms with Crippen LogP contribution in [0, 0.1) is 5.92 Å². The van der Waals surface area contributed by atoms with Crippen molar-refractivity contribution in [2.24, 2.45) is 5.92 Å². The summed E-state index contributed by atoms with van der Waals surface area (Å²) in [5.41, 5.74) is 1.11. The van der Waals surface area contributed by atoms with Gasteiger partial charge in [-0.15, -0.1) is 0 Å². The zero-order valence-corrected chi connectivity index (χ0v) is 10.1. The molecule has 1 saturated heterocycles. The highest BCUT2D eigenvalue weighted by molar-refractivity contribution is 5.16. The molecule has 0 unspecified atom stereocenters. The Balaban J connectivity index is 2.28. The largest absolute Gasteiger partial charge is 0.315 e. The summed E-state index contributed by atoms with van der Waals surface area (Å²) in [5, 5.41) is 3.38. The first-order chi connectivity index (χ1) is 7.68. The van der Waals surface area contributed by atoms with E-state index in [-0.39, 0.29) is 11.6 Å². The summed E-state index contributed by atoms with van der Waals surface area (Å²) >= 11 is 0. The summed E-state index contributed by atoms with van der Waals surface area (Å²) in [7, 11) is 0. The Kier molecular flexibility index (Phi) is 3.44. The maximum Gasteiger partial charge on any atom is 0.255 e. The van der Waals surface area contributed by atoms with Gasteiger partial charge in [0.2, 0.25) is 0 Å². The Morgan fingerprint density at radius 3 is 3.00 bits per heavy atom. The normalized spacial score (nSPS) is 20.6. The first-order valence-electron chi connectivity index (χ1n) is 6.11. The SMILES string of the molecule is CC(C)Cn1cccc([C@H]2CCCN2)c1=O. The molecule has 0 aromatic carbocycles. The standard InChI is InChI=1S/C13H20N2O/c1-10(2)9-15-8-4-5-11(13(15)16)12-6-3-7-14-12/h4-5,8,10,12,14H,3,6-7,9H2,1-2H3/t12-/m1/s1. The van der Waals surface area contributed by atoms with E-state index >= 15 is 0 Å². The summed E-state index contributed by atoms with van der Waals surface area (Å²) in [5.74, 6) is 0.504. The number of hydrogen-bond donors (Lipinski definition) is 1. The molecule has 16 heavy (non-hydrogen) atoms. The molecule has 1 atom stereocenters. The van der Waals surface area contributed by atoms with Gasteiger partial charge in [-0.1, -0.05) is 19.9 Å². The van der Waals surface area contributed by atoms with Crippen molar-refractivity contribution in [2.45, 2.75) is 39.3 Å². The predicted octanol–water partition coefficient (Wildman–Crippen LogP) is 1.93. The molecule has 1 aliphatic rings. The molecule has 0 saturated carbocycles. The van der Waals surface area contributed by atoms with E-state index in [4.69, 9.17) is 0 Å². The first kappa shape index (κ1) is 11.4. The van der Waals surface area contributed by atoms with E-state index in [1.165, 1.54) is 6.42 Å². The van der Waals surface area contributed by atoms with Crippen LogP contribution in [0.25, 0.3) is 0 Å². The van der Waals surface area contributed by atoms with Crippen molar-refractivity contribution in [1.29, 1.82) is 0 Å². The molecule has 1 aliphatic heterocycles. The highest BCUT2D eigenvalue weighted by atomic mass is 16.1. The van der Waals surface area contributed by atoms with Crippen LogP contribution in [-0.4, -0.2) is 11.1 Å². The van der Waals surface area contributed by atoms with Gasteiger partial charge in [0.1, 0.15) is 0 Å². The molecule has 88 valence electrons. The Hall–Kier alpha value is -1.09. The van der Waals surface area contributed by atoms with Crippen LogP contribution in [0.1, 0.15) is 38.3 Å². The van der Waals surface area contributed by atoms with Crippen LogP contribution in [0.3, 0.4) is 0 Å². The van der Waals surface area contributed by atoms with E-state index < -0.39 is 0 Å². The molecule has 2 heterocycles. The number of rotatable bonds is 3. The molecule has 0 radical (unpaired) electrons. The number of nitrogens with one attached hydrogen (secondary N) is 1. The summed E-state index contributed by atoms with van der Waals surface area (Å²) in [6.45, 7) is 6.10.